The van der Waals surface area contributed by atoms with E-state index in [1.807, 2.05) is 18.2 Å². The number of aldehydes is 1. The lowest BCUT2D eigenvalue weighted by Crippen LogP contribution is -1.97. The minimum absolute atomic E-state index is 0.493. The number of aromatic nitrogens is 3. The van der Waals surface area contributed by atoms with Crippen LogP contribution in [-0.4, -0.2) is 20.9 Å². The summed E-state index contributed by atoms with van der Waals surface area (Å²) >= 11 is 6.14. The second-order valence-electron chi connectivity index (χ2n) is 3.77. The molecule has 2 heterocycles. The fraction of sp³-hybridized carbons (Fsp3) is 0. The number of rotatable bonds is 2. The van der Waals surface area contributed by atoms with Crippen molar-refractivity contribution in [2.24, 2.45) is 0 Å². The molecular formula is C13H8ClN3O. The first-order valence-electron chi connectivity index (χ1n) is 5.35. The van der Waals surface area contributed by atoms with Crippen LogP contribution in [-0.2, 0) is 0 Å². The first kappa shape index (κ1) is 10.9. The Balaban J connectivity index is 2.37. The smallest absolute Gasteiger partial charge is 0.170 e. The average Bonchev–Trinajstić information content (AvgIpc) is 2.83. The molecule has 0 saturated carbocycles. The van der Waals surface area contributed by atoms with Crippen LogP contribution in [0.3, 0.4) is 0 Å². The van der Waals surface area contributed by atoms with E-state index in [9.17, 15) is 4.79 Å². The third kappa shape index (κ3) is 1.58. The van der Waals surface area contributed by atoms with E-state index in [0.29, 0.717) is 22.2 Å². The Morgan fingerprint density at radius 3 is 2.67 bits per heavy atom. The number of fused-ring (bicyclic) bond motifs is 1. The highest BCUT2D eigenvalue weighted by Crippen LogP contribution is 2.26. The van der Waals surface area contributed by atoms with Crippen molar-refractivity contribution in [2.75, 3.05) is 0 Å². The summed E-state index contributed by atoms with van der Waals surface area (Å²) in [7, 11) is 0. The molecule has 0 spiro atoms. The third-order valence-corrected chi connectivity index (χ3v) is 3.02. The zero-order valence-electron chi connectivity index (χ0n) is 9.25. The Bertz CT molecular complexity index is 736. The van der Waals surface area contributed by atoms with E-state index in [4.69, 9.17) is 11.6 Å². The Morgan fingerprint density at radius 1 is 1.06 bits per heavy atom. The van der Waals surface area contributed by atoms with Crippen LogP contribution < -0.4 is 0 Å². The monoisotopic (exact) mass is 257 g/mol. The van der Waals surface area contributed by atoms with Crippen molar-refractivity contribution in [1.82, 2.24) is 14.6 Å². The Hall–Kier alpha value is -2.20. The maximum atomic E-state index is 11.1. The van der Waals surface area contributed by atoms with Crippen LogP contribution in [0.1, 0.15) is 10.5 Å². The summed E-state index contributed by atoms with van der Waals surface area (Å²) in [5, 5.41) is 8.72. The van der Waals surface area contributed by atoms with Gasteiger partial charge in [0.25, 0.3) is 0 Å². The van der Waals surface area contributed by atoms with Crippen LogP contribution in [0.25, 0.3) is 17.0 Å². The molecule has 0 atom stereocenters. The number of carbonyl (C=O) groups excluding carboxylic acids is 1. The second kappa shape index (κ2) is 4.23. The van der Waals surface area contributed by atoms with Gasteiger partial charge < -0.3 is 0 Å². The summed E-state index contributed by atoms with van der Waals surface area (Å²) in [6.07, 6.45) is 0.775. The summed E-state index contributed by atoms with van der Waals surface area (Å²) in [5.41, 5.74) is 1.86. The number of halogens is 1. The maximum Gasteiger partial charge on any atom is 0.170 e. The minimum Gasteiger partial charge on any atom is -0.296 e. The van der Waals surface area contributed by atoms with E-state index in [1.165, 1.54) is 0 Å². The Labute approximate surface area is 108 Å². The molecule has 2 aromatic heterocycles. The lowest BCUT2D eigenvalue weighted by molar-refractivity contribution is 0.111. The van der Waals surface area contributed by atoms with Gasteiger partial charge in [-0.15, -0.1) is 10.2 Å². The summed E-state index contributed by atoms with van der Waals surface area (Å²) in [6.45, 7) is 0. The molecule has 5 heteroatoms. The molecule has 0 radical (unpaired) electrons. The van der Waals surface area contributed by atoms with E-state index in [2.05, 4.69) is 10.2 Å². The fourth-order valence-electron chi connectivity index (χ4n) is 1.88. The van der Waals surface area contributed by atoms with Crippen LogP contribution in [0.4, 0.5) is 0 Å². The first-order chi connectivity index (χ1) is 8.81. The van der Waals surface area contributed by atoms with Crippen LogP contribution in [0.15, 0.2) is 42.5 Å². The number of benzene rings is 1. The quantitative estimate of drug-likeness (QED) is 0.663. The number of hydrogen-bond acceptors (Lipinski definition) is 3. The van der Waals surface area contributed by atoms with Gasteiger partial charge in [-0.25, -0.2) is 0 Å². The van der Waals surface area contributed by atoms with Gasteiger partial charge in [0.1, 0.15) is 0 Å². The normalized spacial score (nSPS) is 10.7. The lowest BCUT2D eigenvalue weighted by Gasteiger charge is -2.04. The molecule has 0 saturated heterocycles. The molecular weight excluding hydrogens is 250 g/mol. The highest BCUT2D eigenvalue weighted by atomic mass is 35.5. The van der Waals surface area contributed by atoms with Crippen molar-refractivity contribution in [2.45, 2.75) is 0 Å². The number of carbonyl (C=O) groups is 1. The third-order valence-electron chi connectivity index (χ3n) is 2.69. The van der Waals surface area contributed by atoms with Crippen molar-refractivity contribution >= 4 is 23.5 Å². The highest BCUT2D eigenvalue weighted by molar-refractivity contribution is 6.33. The summed E-state index contributed by atoms with van der Waals surface area (Å²) < 4.78 is 1.69. The van der Waals surface area contributed by atoms with Gasteiger partial charge in [0, 0.05) is 5.56 Å². The second-order valence-corrected chi connectivity index (χ2v) is 4.17. The first-order valence-corrected chi connectivity index (χ1v) is 5.73. The zero-order chi connectivity index (χ0) is 12.5. The predicted molar refractivity (Wildman–Crippen MR) is 68.8 cm³/mol. The van der Waals surface area contributed by atoms with Crippen molar-refractivity contribution < 1.29 is 4.79 Å². The Morgan fingerprint density at radius 2 is 1.89 bits per heavy atom. The van der Waals surface area contributed by atoms with Gasteiger partial charge in [0.2, 0.25) is 0 Å². The molecule has 0 unspecified atom stereocenters. The van der Waals surface area contributed by atoms with Crippen LogP contribution in [0.2, 0.25) is 5.02 Å². The molecule has 88 valence electrons. The molecule has 0 aliphatic rings. The standard InChI is InChI=1S/C13H8ClN3O/c14-11-6-2-1-5-10(11)13-16-15-12-7-3-4-9(8-18)17(12)13/h1-8H. The van der Waals surface area contributed by atoms with Gasteiger partial charge in [0.15, 0.2) is 17.8 Å². The van der Waals surface area contributed by atoms with Gasteiger partial charge in [-0.2, -0.15) is 0 Å². The number of nitrogens with zero attached hydrogens (tertiary/aromatic N) is 3. The lowest BCUT2D eigenvalue weighted by atomic mass is 10.2. The van der Waals surface area contributed by atoms with E-state index in [1.54, 1.807) is 28.7 Å². The van der Waals surface area contributed by atoms with E-state index in [0.717, 1.165) is 11.8 Å². The molecule has 3 rings (SSSR count). The minimum atomic E-state index is 0.493. The summed E-state index contributed by atoms with van der Waals surface area (Å²) in [6, 6.07) is 12.6. The molecule has 0 fully saturated rings. The maximum absolute atomic E-state index is 11.1. The molecule has 0 amide bonds. The zero-order valence-corrected chi connectivity index (χ0v) is 10.0. The van der Waals surface area contributed by atoms with Crippen molar-refractivity contribution in [3.63, 3.8) is 0 Å². The van der Waals surface area contributed by atoms with Crippen molar-refractivity contribution in [1.29, 1.82) is 0 Å². The van der Waals surface area contributed by atoms with Crippen LogP contribution in [0, 0.1) is 0 Å². The number of hydrogen-bond donors (Lipinski definition) is 0. The van der Waals surface area contributed by atoms with Crippen molar-refractivity contribution in [3.05, 3.63) is 53.2 Å². The van der Waals surface area contributed by atoms with Crippen molar-refractivity contribution in [3.8, 4) is 11.4 Å². The van der Waals surface area contributed by atoms with Gasteiger partial charge in [-0.1, -0.05) is 29.8 Å². The van der Waals surface area contributed by atoms with Crippen LogP contribution in [0.5, 0.6) is 0 Å². The average molecular weight is 258 g/mol. The van der Waals surface area contributed by atoms with E-state index >= 15 is 0 Å². The van der Waals surface area contributed by atoms with E-state index in [-0.39, 0.29) is 0 Å². The SMILES string of the molecule is O=Cc1cccc2nnc(-c3ccccc3Cl)n12. The highest BCUT2D eigenvalue weighted by Gasteiger charge is 2.13. The fourth-order valence-corrected chi connectivity index (χ4v) is 2.10. The van der Waals surface area contributed by atoms with Gasteiger partial charge in [-0.05, 0) is 24.3 Å². The van der Waals surface area contributed by atoms with Gasteiger partial charge >= 0.3 is 0 Å². The molecule has 4 nitrogen and oxygen atoms in total. The molecule has 0 bridgehead atoms. The van der Waals surface area contributed by atoms with Gasteiger partial charge in [-0.3, -0.25) is 9.20 Å². The topological polar surface area (TPSA) is 47.3 Å². The molecule has 1 aromatic carbocycles. The van der Waals surface area contributed by atoms with E-state index < -0.39 is 0 Å². The molecule has 0 N–H and O–H groups in total. The Kier molecular flexibility index (Phi) is 2.57. The number of pyridine rings is 1. The summed E-state index contributed by atoms with van der Waals surface area (Å²) in [5.74, 6) is 0.568. The predicted octanol–water partition coefficient (Wildman–Crippen LogP) is 2.86. The molecule has 18 heavy (non-hydrogen) atoms. The van der Waals surface area contributed by atoms with Gasteiger partial charge in [0.05, 0.1) is 10.7 Å². The molecule has 0 aliphatic carbocycles. The molecule has 3 aromatic rings. The molecule has 0 aliphatic heterocycles. The van der Waals surface area contributed by atoms with Crippen LogP contribution >= 0.6 is 11.6 Å². The largest absolute Gasteiger partial charge is 0.296 e. The summed E-state index contributed by atoms with van der Waals surface area (Å²) in [4.78, 5) is 11.1.